The molecule has 2 aromatic rings. The van der Waals surface area contributed by atoms with E-state index in [2.05, 4.69) is 21.2 Å². The number of hydrogen-bond acceptors (Lipinski definition) is 3. The Morgan fingerprint density at radius 2 is 2.09 bits per heavy atom. The third-order valence-electron chi connectivity index (χ3n) is 3.50. The Labute approximate surface area is 142 Å². The summed E-state index contributed by atoms with van der Waals surface area (Å²) in [5, 5.41) is 11.8. The third kappa shape index (κ3) is 4.45. The van der Waals surface area contributed by atoms with E-state index in [0.29, 0.717) is 12.0 Å². The van der Waals surface area contributed by atoms with E-state index in [4.69, 9.17) is 9.52 Å². The van der Waals surface area contributed by atoms with E-state index < -0.39 is 17.9 Å². The summed E-state index contributed by atoms with van der Waals surface area (Å²) in [4.78, 5) is 23.5. The van der Waals surface area contributed by atoms with Crippen LogP contribution in [0.1, 0.15) is 46.8 Å². The highest BCUT2D eigenvalue weighted by Crippen LogP contribution is 2.22. The molecule has 0 radical (unpaired) electrons. The maximum atomic E-state index is 12.4. The molecule has 6 heteroatoms. The van der Waals surface area contributed by atoms with Crippen LogP contribution >= 0.6 is 15.9 Å². The normalized spacial score (nSPS) is 12.0. The number of aryl methyl sites for hydroxylation is 2. The molecule has 0 aliphatic rings. The fourth-order valence-electron chi connectivity index (χ4n) is 2.36. The maximum Gasteiger partial charge on any atom is 0.305 e. The van der Waals surface area contributed by atoms with E-state index in [9.17, 15) is 9.59 Å². The number of rotatable bonds is 6. The average molecular weight is 380 g/mol. The molecule has 0 aliphatic carbocycles. The molecule has 122 valence electrons. The molecular formula is C17H18BrNO4. The summed E-state index contributed by atoms with van der Waals surface area (Å²) >= 11 is 3.35. The van der Waals surface area contributed by atoms with Gasteiger partial charge < -0.3 is 14.8 Å². The zero-order chi connectivity index (χ0) is 17.0. The number of halogens is 1. The Hall–Kier alpha value is -2.08. The molecule has 1 unspecified atom stereocenters. The molecule has 1 amide bonds. The number of carbonyl (C=O) groups excluding carboxylic acids is 1. The highest BCUT2D eigenvalue weighted by atomic mass is 79.9. The van der Waals surface area contributed by atoms with E-state index in [0.717, 1.165) is 15.8 Å². The lowest BCUT2D eigenvalue weighted by molar-refractivity contribution is -0.137. The molecule has 1 atom stereocenters. The van der Waals surface area contributed by atoms with E-state index in [-0.39, 0.29) is 12.2 Å². The molecular weight excluding hydrogens is 362 g/mol. The predicted octanol–water partition coefficient (Wildman–Crippen LogP) is 3.86. The summed E-state index contributed by atoms with van der Waals surface area (Å²) in [7, 11) is 0. The van der Waals surface area contributed by atoms with Crippen molar-refractivity contribution in [2.75, 3.05) is 0 Å². The standard InChI is InChI=1S/C17H18BrNO4/c1-3-14-10(2)7-15(23-14)17(22)19-13(9-16(20)21)11-5-4-6-12(18)8-11/h4-8,13H,3,9H2,1-2H3,(H,19,22)(H,20,21). The van der Waals surface area contributed by atoms with Crippen LogP contribution in [0.3, 0.4) is 0 Å². The maximum absolute atomic E-state index is 12.4. The molecule has 1 heterocycles. The third-order valence-corrected chi connectivity index (χ3v) is 3.99. The summed E-state index contributed by atoms with van der Waals surface area (Å²) in [6.07, 6.45) is 0.492. The van der Waals surface area contributed by atoms with E-state index in [1.54, 1.807) is 24.3 Å². The number of carboxylic acids is 1. The molecule has 0 spiro atoms. The minimum atomic E-state index is -0.986. The molecule has 0 fully saturated rings. The SMILES string of the molecule is CCc1oc(C(=O)NC(CC(=O)O)c2cccc(Br)c2)cc1C. The number of amides is 1. The molecule has 0 aliphatic heterocycles. The second-order valence-corrected chi connectivity index (χ2v) is 6.16. The van der Waals surface area contributed by atoms with Gasteiger partial charge in [0.1, 0.15) is 5.76 Å². The summed E-state index contributed by atoms with van der Waals surface area (Å²) < 4.78 is 6.34. The van der Waals surface area contributed by atoms with Gasteiger partial charge in [0.25, 0.3) is 5.91 Å². The highest BCUT2D eigenvalue weighted by molar-refractivity contribution is 9.10. The highest BCUT2D eigenvalue weighted by Gasteiger charge is 2.21. The van der Waals surface area contributed by atoms with Crippen LogP contribution in [0.4, 0.5) is 0 Å². The summed E-state index contributed by atoms with van der Waals surface area (Å²) in [6.45, 7) is 3.82. The van der Waals surface area contributed by atoms with Gasteiger partial charge in [0.2, 0.25) is 0 Å². The van der Waals surface area contributed by atoms with Crippen molar-refractivity contribution in [2.45, 2.75) is 32.7 Å². The van der Waals surface area contributed by atoms with Gasteiger partial charge in [-0.1, -0.05) is 35.0 Å². The summed E-state index contributed by atoms with van der Waals surface area (Å²) in [5.41, 5.74) is 1.63. The Morgan fingerprint density at radius 3 is 2.65 bits per heavy atom. The van der Waals surface area contributed by atoms with Crippen LogP contribution in [0.25, 0.3) is 0 Å². The number of hydrogen-bond donors (Lipinski definition) is 2. The molecule has 2 rings (SSSR count). The number of carbonyl (C=O) groups is 2. The lowest BCUT2D eigenvalue weighted by Gasteiger charge is -2.17. The van der Waals surface area contributed by atoms with Crippen molar-refractivity contribution >= 4 is 27.8 Å². The largest absolute Gasteiger partial charge is 0.481 e. The van der Waals surface area contributed by atoms with E-state index in [1.807, 2.05) is 19.9 Å². The summed E-state index contributed by atoms with van der Waals surface area (Å²) in [6, 6.07) is 8.25. The van der Waals surface area contributed by atoms with Crippen LogP contribution in [0.5, 0.6) is 0 Å². The van der Waals surface area contributed by atoms with Gasteiger partial charge in [0, 0.05) is 10.9 Å². The monoisotopic (exact) mass is 379 g/mol. The van der Waals surface area contributed by atoms with Gasteiger partial charge >= 0.3 is 5.97 Å². The smallest absolute Gasteiger partial charge is 0.305 e. The van der Waals surface area contributed by atoms with Gasteiger partial charge in [-0.2, -0.15) is 0 Å². The Kier molecular flexibility index (Phi) is 5.60. The fraction of sp³-hybridized carbons (Fsp3) is 0.294. The first-order valence-corrected chi connectivity index (χ1v) is 8.07. The second-order valence-electron chi connectivity index (χ2n) is 5.25. The Bertz CT molecular complexity index is 723. The van der Waals surface area contributed by atoms with Crippen molar-refractivity contribution in [3.05, 3.63) is 57.5 Å². The van der Waals surface area contributed by atoms with Gasteiger partial charge in [-0.3, -0.25) is 9.59 Å². The van der Waals surface area contributed by atoms with Gasteiger partial charge in [-0.15, -0.1) is 0 Å². The Balaban J connectivity index is 2.23. The minimum absolute atomic E-state index is 0.199. The van der Waals surface area contributed by atoms with Crippen molar-refractivity contribution in [3.8, 4) is 0 Å². The van der Waals surface area contributed by atoms with Gasteiger partial charge in [-0.05, 0) is 36.2 Å². The first-order chi connectivity index (χ1) is 10.9. The van der Waals surface area contributed by atoms with Gasteiger partial charge in [0.05, 0.1) is 12.5 Å². The lowest BCUT2D eigenvalue weighted by atomic mass is 10.0. The van der Waals surface area contributed by atoms with Crippen molar-refractivity contribution in [3.63, 3.8) is 0 Å². The van der Waals surface area contributed by atoms with Crippen LogP contribution in [0, 0.1) is 6.92 Å². The van der Waals surface area contributed by atoms with Crippen LogP contribution in [-0.4, -0.2) is 17.0 Å². The summed E-state index contributed by atoms with van der Waals surface area (Å²) in [5.74, 6) is -0.448. The number of benzene rings is 1. The number of nitrogens with one attached hydrogen (secondary N) is 1. The minimum Gasteiger partial charge on any atom is -0.481 e. The molecule has 0 bridgehead atoms. The van der Waals surface area contributed by atoms with Crippen molar-refractivity contribution < 1.29 is 19.1 Å². The van der Waals surface area contributed by atoms with Gasteiger partial charge in [0.15, 0.2) is 5.76 Å². The van der Waals surface area contributed by atoms with Crippen LogP contribution in [-0.2, 0) is 11.2 Å². The first-order valence-electron chi connectivity index (χ1n) is 7.28. The van der Waals surface area contributed by atoms with Crippen molar-refractivity contribution in [1.82, 2.24) is 5.32 Å². The Morgan fingerprint density at radius 1 is 1.35 bits per heavy atom. The predicted molar refractivity (Wildman–Crippen MR) is 89.4 cm³/mol. The number of furan rings is 1. The topological polar surface area (TPSA) is 79.5 Å². The second kappa shape index (κ2) is 7.46. The fourth-order valence-corrected chi connectivity index (χ4v) is 2.78. The zero-order valence-electron chi connectivity index (χ0n) is 12.9. The average Bonchev–Trinajstić information content (AvgIpc) is 2.87. The van der Waals surface area contributed by atoms with Crippen molar-refractivity contribution in [2.24, 2.45) is 0 Å². The van der Waals surface area contributed by atoms with E-state index in [1.165, 1.54) is 0 Å². The van der Waals surface area contributed by atoms with Gasteiger partial charge in [-0.25, -0.2) is 0 Å². The molecule has 1 aromatic carbocycles. The van der Waals surface area contributed by atoms with Crippen molar-refractivity contribution in [1.29, 1.82) is 0 Å². The molecule has 5 nitrogen and oxygen atoms in total. The molecule has 23 heavy (non-hydrogen) atoms. The quantitative estimate of drug-likeness (QED) is 0.798. The lowest BCUT2D eigenvalue weighted by Crippen LogP contribution is -2.30. The number of aliphatic carboxylic acids is 1. The van der Waals surface area contributed by atoms with Crippen LogP contribution in [0.15, 0.2) is 39.2 Å². The van der Waals surface area contributed by atoms with Crippen LogP contribution < -0.4 is 5.32 Å². The first kappa shape index (κ1) is 17.3. The van der Waals surface area contributed by atoms with E-state index >= 15 is 0 Å². The molecule has 2 N–H and O–H groups in total. The molecule has 1 aromatic heterocycles. The number of carboxylic acid groups (broad SMARTS) is 1. The van der Waals surface area contributed by atoms with Crippen LogP contribution in [0.2, 0.25) is 0 Å². The molecule has 0 saturated heterocycles. The molecule has 0 saturated carbocycles. The zero-order valence-corrected chi connectivity index (χ0v) is 14.5.